The third-order valence-electron chi connectivity index (χ3n) is 3.02. The van der Waals surface area contributed by atoms with Crippen LogP contribution >= 0.6 is 11.3 Å². The molecule has 0 aromatic carbocycles. The van der Waals surface area contributed by atoms with Crippen LogP contribution in [-0.2, 0) is 4.74 Å². The van der Waals surface area contributed by atoms with Crippen LogP contribution in [0.3, 0.4) is 0 Å². The van der Waals surface area contributed by atoms with Gasteiger partial charge < -0.3 is 10.1 Å². The molecule has 1 aromatic rings. The molecule has 0 spiro atoms. The number of nitrogens with one attached hydrogen (secondary N) is 1. The molecular formula is C14H22N2O3S. The summed E-state index contributed by atoms with van der Waals surface area (Å²) in [6, 6.07) is 0.0881. The van der Waals surface area contributed by atoms with E-state index < -0.39 is 5.97 Å². The number of ether oxygens (including phenoxy) is 1. The van der Waals surface area contributed by atoms with E-state index in [4.69, 9.17) is 4.74 Å². The Morgan fingerprint density at radius 3 is 2.70 bits per heavy atom. The Kier molecular flexibility index (Phi) is 6.64. The molecule has 0 aliphatic carbocycles. The number of hydrogen-bond donors (Lipinski definition) is 1. The summed E-state index contributed by atoms with van der Waals surface area (Å²) in [6.07, 6.45) is 2.01. The van der Waals surface area contributed by atoms with E-state index in [0.29, 0.717) is 12.5 Å². The first-order chi connectivity index (χ1) is 9.47. The molecule has 5 nitrogen and oxygen atoms in total. The number of carbonyl (C=O) groups is 2. The van der Waals surface area contributed by atoms with Gasteiger partial charge in [-0.3, -0.25) is 4.79 Å². The molecule has 1 heterocycles. The number of thiazole rings is 1. The highest BCUT2D eigenvalue weighted by molar-refractivity contribution is 7.11. The molecular weight excluding hydrogens is 276 g/mol. The maximum atomic E-state index is 12.0. The first-order valence-corrected chi connectivity index (χ1v) is 7.79. The van der Waals surface area contributed by atoms with Crippen LogP contribution in [0, 0.1) is 5.92 Å². The molecule has 1 aromatic heterocycles. The third kappa shape index (κ3) is 4.92. The number of aromatic nitrogens is 1. The fraction of sp³-hybridized carbons (Fsp3) is 0.643. The molecule has 1 rings (SSSR count). The van der Waals surface area contributed by atoms with Gasteiger partial charge in [0.05, 0.1) is 6.61 Å². The molecule has 20 heavy (non-hydrogen) atoms. The SMILES string of the molecule is CCOC(=O)c1nc(C(=O)NC(C)CC(C)CC)cs1. The largest absolute Gasteiger partial charge is 0.461 e. The van der Waals surface area contributed by atoms with Gasteiger partial charge in [-0.2, -0.15) is 0 Å². The van der Waals surface area contributed by atoms with Crippen molar-refractivity contribution < 1.29 is 14.3 Å². The number of esters is 1. The first-order valence-electron chi connectivity index (χ1n) is 6.91. The van der Waals surface area contributed by atoms with Crippen LogP contribution in [0.25, 0.3) is 0 Å². The van der Waals surface area contributed by atoms with Crippen molar-refractivity contribution in [3.05, 3.63) is 16.1 Å². The first kappa shape index (κ1) is 16.6. The highest BCUT2D eigenvalue weighted by Gasteiger charge is 2.18. The van der Waals surface area contributed by atoms with Crippen LogP contribution in [0.4, 0.5) is 0 Å². The third-order valence-corrected chi connectivity index (χ3v) is 3.84. The summed E-state index contributed by atoms with van der Waals surface area (Å²) < 4.78 is 4.85. The van der Waals surface area contributed by atoms with Crippen LogP contribution < -0.4 is 5.32 Å². The van der Waals surface area contributed by atoms with Crippen LogP contribution in [0.5, 0.6) is 0 Å². The zero-order valence-electron chi connectivity index (χ0n) is 12.4. The van der Waals surface area contributed by atoms with Gasteiger partial charge in [-0.15, -0.1) is 11.3 Å². The highest BCUT2D eigenvalue weighted by Crippen LogP contribution is 2.13. The predicted octanol–water partition coefficient (Wildman–Crippen LogP) is 2.87. The molecule has 0 bridgehead atoms. The maximum Gasteiger partial charge on any atom is 0.367 e. The van der Waals surface area contributed by atoms with Gasteiger partial charge in [0, 0.05) is 11.4 Å². The van der Waals surface area contributed by atoms with Crippen LogP contribution in [0.2, 0.25) is 0 Å². The Bertz CT molecular complexity index is 459. The number of carbonyl (C=O) groups excluding carboxylic acids is 2. The Balaban J connectivity index is 2.58. The molecule has 0 saturated carbocycles. The Hall–Kier alpha value is -1.43. The lowest BCUT2D eigenvalue weighted by molar-refractivity contribution is 0.0526. The van der Waals surface area contributed by atoms with E-state index in [0.717, 1.165) is 24.2 Å². The smallest absolute Gasteiger partial charge is 0.367 e. The topological polar surface area (TPSA) is 68.3 Å². The second-order valence-corrected chi connectivity index (χ2v) is 5.74. The number of amides is 1. The van der Waals surface area contributed by atoms with Gasteiger partial charge in [0.15, 0.2) is 0 Å². The van der Waals surface area contributed by atoms with Crippen molar-refractivity contribution in [2.75, 3.05) is 6.61 Å². The van der Waals surface area contributed by atoms with Crippen molar-refractivity contribution in [3.8, 4) is 0 Å². The lowest BCUT2D eigenvalue weighted by Gasteiger charge is -2.16. The molecule has 2 atom stereocenters. The lowest BCUT2D eigenvalue weighted by atomic mass is 10.0. The summed E-state index contributed by atoms with van der Waals surface area (Å²) in [7, 11) is 0. The number of rotatable bonds is 7. The molecule has 1 amide bonds. The van der Waals surface area contributed by atoms with E-state index in [1.54, 1.807) is 12.3 Å². The summed E-state index contributed by atoms with van der Waals surface area (Å²) in [6.45, 7) is 8.29. The van der Waals surface area contributed by atoms with E-state index in [9.17, 15) is 9.59 Å². The van der Waals surface area contributed by atoms with E-state index in [2.05, 4.69) is 24.1 Å². The quantitative estimate of drug-likeness (QED) is 0.786. The van der Waals surface area contributed by atoms with Gasteiger partial charge in [0.2, 0.25) is 5.01 Å². The van der Waals surface area contributed by atoms with Gasteiger partial charge in [0.1, 0.15) is 5.69 Å². The van der Waals surface area contributed by atoms with Gasteiger partial charge in [-0.1, -0.05) is 20.3 Å². The molecule has 0 saturated heterocycles. The van der Waals surface area contributed by atoms with Crippen LogP contribution in [0.1, 0.15) is 60.8 Å². The second kappa shape index (κ2) is 7.99. The zero-order valence-corrected chi connectivity index (χ0v) is 13.3. The fourth-order valence-electron chi connectivity index (χ4n) is 1.79. The molecule has 0 aliphatic rings. The minimum Gasteiger partial charge on any atom is -0.461 e. The Morgan fingerprint density at radius 2 is 2.10 bits per heavy atom. The Morgan fingerprint density at radius 1 is 1.40 bits per heavy atom. The van der Waals surface area contributed by atoms with E-state index in [1.165, 1.54) is 0 Å². The average Bonchev–Trinajstić information content (AvgIpc) is 2.88. The van der Waals surface area contributed by atoms with Crippen molar-refractivity contribution in [3.63, 3.8) is 0 Å². The lowest BCUT2D eigenvalue weighted by Crippen LogP contribution is -2.34. The van der Waals surface area contributed by atoms with Gasteiger partial charge >= 0.3 is 5.97 Å². The molecule has 112 valence electrons. The van der Waals surface area contributed by atoms with Crippen molar-refractivity contribution in [2.24, 2.45) is 5.92 Å². The summed E-state index contributed by atoms with van der Waals surface area (Å²) in [5, 5.41) is 4.69. The van der Waals surface area contributed by atoms with E-state index >= 15 is 0 Å². The van der Waals surface area contributed by atoms with Crippen molar-refractivity contribution in [2.45, 2.75) is 46.6 Å². The van der Waals surface area contributed by atoms with Gasteiger partial charge in [-0.25, -0.2) is 9.78 Å². The predicted molar refractivity (Wildman–Crippen MR) is 79.1 cm³/mol. The molecule has 1 N–H and O–H groups in total. The van der Waals surface area contributed by atoms with Crippen molar-refractivity contribution in [1.82, 2.24) is 10.3 Å². The van der Waals surface area contributed by atoms with Crippen molar-refractivity contribution >= 4 is 23.2 Å². The Labute approximate surface area is 123 Å². The second-order valence-electron chi connectivity index (χ2n) is 4.88. The van der Waals surface area contributed by atoms with Crippen LogP contribution in [0.15, 0.2) is 5.38 Å². The standard InChI is InChI=1S/C14H22N2O3S/c1-5-9(3)7-10(4)15-12(17)11-8-20-13(16-11)14(18)19-6-2/h8-10H,5-7H2,1-4H3,(H,15,17). The minimum atomic E-state index is -0.482. The summed E-state index contributed by atoms with van der Waals surface area (Å²) in [4.78, 5) is 27.5. The van der Waals surface area contributed by atoms with Crippen LogP contribution in [-0.4, -0.2) is 29.5 Å². The number of nitrogens with zero attached hydrogens (tertiary/aromatic N) is 1. The van der Waals surface area contributed by atoms with E-state index in [1.807, 2.05) is 6.92 Å². The molecule has 6 heteroatoms. The van der Waals surface area contributed by atoms with Gasteiger partial charge in [0.25, 0.3) is 5.91 Å². The number of hydrogen-bond acceptors (Lipinski definition) is 5. The average molecular weight is 298 g/mol. The zero-order chi connectivity index (χ0) is 15.1. The normalized spacial score (nSPS) is 13.6. The molecule has 0 aliphatic heterocycles. The fourth-order valence-corrected chi connectivity index (χ4v) is 2.48. The molecule has 0 fully saturated rings. The van der Waals surface area contributed by atoms with Crippen molar-refractivity contribution in [1.29, 1.82) is 0 Å². The molecule has 0 radical (unpaired) electrons. The highest BCUT2D eigenvalue weighted by atomic mass is 32.1. The maximum absolute atomic E-state index is 12.0. The summed E-state index contributed by atoms with van der Waals surface area (Å²) in [5.74, 6) is -0.160. The summed E-state index contributed by atoms with van der Waals surface area (Å²) in [5.41, 5.74) is 0.272. The summed E-state index contributed by atoms with van der Waals surface area (Å²) >= 11 is 1.12. The van der Waals surface area contributed by atoms with E-state index in [-0.39, 0.29) is 22.7 Å². The molecule has 2 unspecified atom stereocenters. The van der Waals surface area contributed by atoms with Gasteiger partial charge in [-0.05, 0) is 26.2 Å². The monoisotopic (exact) mass is 298 g/mol. The minimum absolute atomic E-state index is 0.0881.